The lowest BCUT2D eigenvalue weighted by atomic mass is 10.4. The summed E-state index contributed by atoms with van der Waals surface area (Å²) in [6, 6.07) is 1.30. The van der Waals surface area contributed by atoms with Gasteiger partial charge in [0.15, 0.2) is 0 Å². The van der Waals surface area contributed by atoms with Gasteiger partial charge in [-0.1, -0.05) is 0 Å². The third-order valence-electron chi connectivity index (χ3n) is 1.69. The Hall–Kier alpha value is -1.36. The molecular formula is C8H12N2O3. The summed E-state index contributed by atoms with van der Waals surface area (Å²) in [7, 11) is 1.56. The van der Waals surface area contributed by atoms with Gasteiger partial charge in [-0.25, -0.2) is 4.79 Å². The quantitative estimate of drug-likeness (QED) is 0.636. The molecule has 1 atom stereocenters. The molecule has 13 heavy (non-hydrogen) atoms. The summed E-state index contributed by atoms with van der Waals surface area (Å²) < 4.78 is 2.30. The number of hydrogen-bond donors (Lipinski definition) is 1. The minimum Gasteiger partial charge on any atom is -0.392 e. The van der Waals surface area contributed by atoms with Crippen LogP contribution in [0.1, 0.15) is 6.92 Å². The van der Waals surface area contributed by atoms with Crippen molar-refractivity contribution in [3.05, 3.63) is 33.1 Å². The van der Waals surface area contributed by atoms with E-state index in [1.165, 1.54) is 23.8 Å². The normalized spacial score (nSPS) is 12.8. The molecule has 1 aromatic heterocycles. The van der Waals surface area contributed by atoms with E-state index in [-0.39, 0.29) is 12.1 Å². The van der Waals surface area contributed by atoms with Crippen molar-refractivity contribution in [2.45, 2.75) is 19.6 Å². The van der Waals surface area contributed by atoms with E-state index in [2.05, 4.69) is 0 Å². The van der Waals surface area contributed by atoms with Gasteiger partial charge in [0.1, 0.15) is 0 Å². The largest absolute Gasteiger partial charge is 0.392 e. The average Bonchev–Trinajstić information content (AvgIpc) is 2.05. The van der Waals surface area contributed by atoms with Crippen LogP contribution < -0.4 is 11.2 Å². The molecule has 0 aromatic carbocycles. The molecule has 1 N–H and O–H groups in total. The summed E-state index contributed by atoms with van der Waals surface area (Å²) in [6.45, 7) is 1.56. The number of aliphatic hydroxyl groups is 1. The van der Waals surface area contributed by atoms with Gasteiger partial charge in [0.25, 0.3) is 5.56 Å². The van der Waals surface area contributed by atoms with E-state index in [4.69, 9.17) is 5.11 Å². The molecule has 0 spiro atoms. The number of hydrogen-bond acceptors (Lipinski definition) is 3. The summed E-state index contributed by atoms with van der Waals surface area (Å²) in [5, 5.41) is 9.04. The second kappa shape index (κ2) is 3.57. The van der Waals surface area contributed by atoms with E-state index in [9.17, 15) is 9.59 Å². The van der Waals surface area contributed by atoms with Crippen LogP contribution in [0.25, 0.3) is 0 Å². The highest BCUT2D eigenvalue weighted by Crippen LogP contribution is 1.82. The molecule has 0 saturated heterocycles. The average molecular weight is 184 g/mol. The predicted molar refractivity (Wildman–Crippen MR) is 47.6 cm³/mol. The zero-order chi connectivity index (χ0) is 10.0. The summed E-state index contributed by atoms with van der Waals surface area (Å²) in [4.78, 5) is 22.5. The smallest absolute Gasteiger partial charge is 0.330 e. The molecule has 0 amide bonds. The summed E-state index contributed by atoms with van der Waals surface area (Å²) >= 11 is 0. The van der Waals surface area contributed by atoms with Crippen molar-refractivity contribution in [1.82, 2.24) is 9.13 Å². The first-order valence-corrected chi connectivity index (χ1v) is 3.97. The first kappa shape index (κ1) is 9.73. The summed E-state index contributed by atoms with van der Waals surface area (Å²) in [6.07, 6.45) is 0.705. The van der Waals surface area contributed by atoms with Crippen molar-refractivity contribution in [3.63, 3.8) is 0 Å². The molecule has 72 valence electrons. The second-order valence-electron chi connectivity index (χ2n) is 3.01. The Morgan fingerprint density at radius 3 is 2.69 bits per heavy atom. The first-order valence-electron chi connectivity index (χ1n) is 3.97. The van der Waals surface area contributed by atoms with Crippen LogP contribution in [-0.2, 0) is 13.6 Å². The molecular weight excluding hydrogens is 172 g/mol. The van der Waals surface area contributed by atoms with Gasteiger partial charge < -0.3 is 9.67 Å². The second-order valence-corrected chi connectivity index (χ2v) is 3.01. The van der Waals surface area contributed by atoms with Crippen LogP contribution in [0, 0.1) is 0 Å². The lowest BCUT2D eigenvalue weighted by Crippen LogP contribution is -2.40. The Morgan fingerprint density at radius 2 is 2.15 bits per heavy atom. The molecule has 1 rings (SSSR count). The van der Waals surface area contributed by atoms with E-state index >= 15 is 0 Å². The molecule has 1 heterocycles. The fourth-order valence-corrected chi connectivity index (χ4v) is 1.05. The van der Waals surface area contributed by atoms with E-state index in [1.807, 2.05) is 0 Å². The molecule has 0 saturated carbocycles. The highest BCUT2D eigenvalue weighted by atomic mass is 16.3. The Balaban J connectivity index is 3.27. The highest BCUT2D eigenvalue weighted by Gasteiger charge is 2.04. The molecule has 0 aliphatic carbocycles. The predicted octanol–water partition coefficient (Wildman–Crippen LogP) is -1.07. The Morgan fingerprint density at radius 1 is 1.54 bits per heavy atom. The van der Waals surface area contributed by atoms with Gasteiger partial charge in [0.05, 0.1) is 12.6 Å². The number of aryl methyl sites for hydroxylation is 1. The topological polar surface area (TPSA) is 64.2 Å². The zero-order valence-corrected chi connectivity index (χ0v) is 7.60. The van der Waals surface area contributed by atoms with Crippen LogP contribution in [0.3, 0.4) is 0 Å². The van der Waals surface area contributed by atoms with Crippen molar-refractivity contribution in [2.75, 3.05) is 0 Å². The zero-order valence-electron chi connectivity index (χ0n) is 7.60. The lowest BCUT2D eigenvalue weighted by Gasteiger charge is -2.07. The molecule has 0 bridgehead atoms. The maximum atomic E-state index is 11.3. The van der Waals surface area contributed by atoms with Gasteiger partial charge in [-0.2, -0.15) is 0 Å². The van der Waals surface area contributed by atoms with Gasteiger partial charge >= 0.3 is 5.69 Å². The van der Waals surface area contributed by atoms with E-state index < -0.39 is 11.8 Å². The molecule has 0 fully saturated rings. The molecule has 5 heteroatoms. The summed E-state index contributed by atoms with van der Waals surface area (Å²) in [5.41, 5.74) is -0.794. The maximum Gasteiger partial charge on any atom is 0.330 e. The van der Waals surface area contributed by atoms with E-state index in [1.54, 1.807) is 7.05 Å². The molecule has 5 nitrogen and oxygen atoms in total. The first-order chi connectivity index (χ1) is 6.02. The number of rotatable bonds is 2. The van der Waals surface area contributed by atoms with Crippen LogP contribution in [0.4, 0.5) is 0 Å². The third kappa shape index (κ3) is 2.06. The van der Waals surface area contributed by atoms with Crippen molar-refractivity contribution < 1.29 is 5.11 Å². The van der Waals surface area contributed by atoms with E-state index in [0.717, 1.165) is 4.57 Å². The van der Waals surface area contributed by atoms with Crippen LogP contribution in [0.5, 0.6) is 0 Å². The SMILES string of the molecule is CC(O)Cn1c(=O)ccn(C)c1=O. The van der Waals surface area contributed by atoms with Crippen molar-refractivity contribution in [2.24, 2.45) is 7.05 Å². The van der Waals surface area contributed by atoms with Crippen molar-refractivity contribution in [3.8, 4) is 0 Å². The van der Waals surface area contributed by atoms with Crippen LogP contribution >= 0.6 is 0 Å². The molecule has 0 aliphatic heterocycles. The highest BCUT2D eigenvalue weighted by molar-refractivity contribution is 4.85. The molecule has 1 aromatic rings. The third-order valence-corrected chi connectivity index (χ3v) is 1.69. The Bertz CT molecular complexity index is 403. The van der Waals surface area contributed by atoms with Gasteiger partial charge in [0, 0.05) is 19.3 Å². The minimum atomic E-state index is -0.701. The fourth-order valence-electron chi connectivity index (χ4n) is 1.05. The lowest BCUT2D eigenvalue weighted by molar-refractivity contribution is 0.169. The standard InChI is InChI=1S/C8H12N2O3/c1-6(11)5-10-7(12)3-4-9(2)8(10)13/h3-4,6,11H,5H2,1-2H3. The minimum absolute atomic E-state index is 0.0341. The fraction of sp³-hybridized carbons (Fsp3) is 0.500. The van der Waals surface area contributed by atoms with Gasteiger partial charge in [-0.3, -0.25) is 9.36 Å². The maximum absolute atomic E-state index is 11.3. The monoisotopic (exact) mass is 184 g/mol. The molecule has 0 radical (unpaired) electrons. The number of nitrogens with zero attached hydrogens (tertiary/aromatic N) is 2. The van der Waals surface area contributed by atoms with Crippen molar-refractivity contribution >= 4 is 0 Å². The van der Waals surface area contributed by atoms with Gasteiger partial charge in [-0.15, -0.1) is 0 Å². The van der Waals surface area contributed by atoms with Crippen molar-refractivity contribution in [1.29, 1.82) is 0 Å². The van der Waals surface area contributed by atoms with Crippen LogP contribution in [-0.4, -0.2) is 20.3 Å². The number of aromatic nitrogens is 2. The number of aliphatic hydroxyl groups excluding tert-OH is 1. The Kier molecular flexibility index (Phi) is 2.67. The Labute approximate surface area is 74.9 Å². The van der Waals surface area contributed by atoms with E-state index in [0.29, 0.717) is 0 Å². The van der Waals surface area contributed by atoms with Gasteiger partial charge in [0.2, 0.25) is 0 Å². The molecule has 0 aliphatic rings. The van der Waals surface area contributed by atoms with Gasteiger partial charge in [-0.05, 0) is 6.92 Å². The van der Waals surface area contributed by atoms with Crippen LogP contribution in [0.15, 0.2) is 21.9 Å². The molecule has 1 unspecified atom stereocenters. The summed E-state index contributed by atoms with van der Waals surface area (Å²) in [5.74, 6) is 0. The van der Waals surface area contributed by atoms with Crippen LogP contribution in [0.2, 0.25) is 0 Å².